The van der Waals surface area contributed by atoms with Gasteiger partial charge in [-0.2, -0.15) is 5.10 Å². The van der Waals surface area contributed by atoms with Gasteiger partial charge in [-0.1, -0.05) is 6.07 Å². The summed E-state index contributed by atoms with van der Waals surface area (Å²) < 4.78 is 0. The van der Waals surface area contributed by atoms with E-state index >= 15 is 0 Å². The summed E-state index contributed by atoms with van der Waals surface area (Å²) in [6.45, 7) is 5.61. The first kappa shape index (κ1) is 16.7. The molecule has 0 spiro atoms. The van der Waals surface area contributed by atoms with Gasteiger partial charge in [0.15, 0.2) is 0 Å². The molecule has 26 heavy (non-hydrogen) atoms. The number of aromatic nitrogens is 3. The Labute approximate surface area is 152 Å². The summed E-state index contributed by atoms with van der Waals surface area (Å²) in [6.07, 6.45) is 2.17. The summed E-state index contributed by atoms with van der Waals surface area (Å²) >= 11 is 0. The highest BCUT2D eigenvalue weighted by atomic mass is 16.2. The Hall–Kier alpha value is -2.73. The molecule has 134 valence electrons. The zero-order chi connectivity index (χ0) is 18.1. The second-order valence-corrected chi connectivity index (χ2v) is 7.01. The molecule has 0 saturated carbocycles. The molecule has 6 heteroatoms. The highest BCUT2D eigenvalue weighted by Crippen LogP contribution is 2.24. The Morgan fingerprint density at radius 2 is 1.96 bits per heavy atom. The van der Waals surface area contributed by atoms with E-state index in [2.05, 4.69) is 41.2 Å². The Morgan fingerprint density at radius 1 is 1.15 bits per heavy atom. The number of amides is 1. The van der Waals surface area contributed by atoms with E-state index in [1.165, 1.54) is 0 Å². The minimum absolute atomic E-state index is 0.206. The quantitative estimate of drug-likeness (QED) is 0.788. The third-order valence-corrected chi connectivity index (χ3v) is 5.07. The fourth-order valence-corrected chi connectivity index (χ4v) is 3.43. The molecular formula is C20H23N5O. The first-order chi connectivity index (χ1) is 12.6. The van der Waals surface area contributed by atoms with Crippen LogP contribution in [0.25, 0.3) is 22.3 Å². The van der Waals surface area contributed by atoms with Gasteiger partial charge in [-0.05, 0) is 49.4 Å². The Kier molecular flexibility index (Phi) is 4.42. The Bertz CT molecular complexity index is 927. The van der Waals surface area contributed by atoms with Gasteiger partial charge in [0.25, 0.3) is 0 Å². The van der Waals surface area contributed by atoms with Crippen LogP contribution in [-0.4, -0.2) is 64.1 Å². The number of rotatable bonds is 3. The van der Waals surface area contributed by atoms with Gasteiger partial charge in [-0.25, -0.2) is 4.98 Å². The monoisotopic (exact) mass is 349 g/mol. The van der Waals surface area contributed by atoms with Crippen LogP contribution < -0.4 is 0 Å². The van der Waals surface area contributed by atoms with Gasteiger partial charge in [0, 0.05) is 37.8 Å². The maximum Gasteiger partial charge on any atom is 0.227 e. The molecule has 1 amide bonds. The van der Waals surface area contributed by atoms with Crippen LogP contribution in [0.1, 0.15) is 11.1 Å². The van der Waals surface area contributed by atoms with E-state index in [1.807, 2.05) is 23.1 Å². The lowest BCUT2D eigenvalue weighted by Crippen LogP contribution is -2.47. The second-order valence-electron chi connectivity index (χ2n) is 7.01. The number of piperazine rings is 1. The van der Waals surface area contributed by atoms with Crippen LogP contribution in [0.2, 0.25) is 0 Å². The molecule has 1 saturated heterocycles. The van der Waals surface area contributed by atoms with Crippen LogP contribution in [0.15, 0.2) is 36.5 Å². The number of hydrogen-bond donors (Lipinski definition) is 1. The molecule has 3 aromatic rings. The topological polar surface area (TPSA) is 65.1 Å². The van der Waals surface area contributed by atoms with Gasteiger partial charge in [-0.3, -0.25) is 9.89 Å². The summed E-state index contributed by atoms with van der Waals surface area (Å²) in [5, 5.41) is 8.04. The summed E-state index contributed by atoms with van der Waals surface area (Å²) in [6, 6.07) is 10.1. The van der Waals surface area contributed by atoms with E-state index in [9.17, 15) is 4.79 Å². The number of likely N-dealkylation sites (N-methyl/N-ethyl adjacent to an activating group) is 1. The van der Waals surface area contributed by atoms with Crippen molar-refractivity contribution in [1.82, 2.24) is 25.0 Å². The number of aromatic amines is 1. The SMILES string of the molecule is Cc1cc(-c2ccn[nH]2)nc2ccc(CC(=O)N3CCN(C)CC3)cc12. The molecule has 1 aliphatic rings. The van der Waals surface area contributed by atoms with Crippen molar-refractivity contribution in [3.05, 3.63) is 47.7 Å². The molecule has 3 heterocycles. The van der Waals surface area contributed by atoms with E-state index in [0.29, 0.717) is 6.42 Å². The number of nitrogens with one attached hydrogen (secondary N) is 1. The van der Waals surface area contributed by atoms with Crippen molar-refractivity contribution in [3.8, 4) is 11.4 Å². The van der Waals surface area contributed by atoms with Crippen LogP contribution in [0.4, 0.5) is 0 Å². The molecule has 0 radical (unpaired) electrons. The zero-order valence-electron chi connectivity index (χ0n) is 15.2. The summed E-state index contributed by atoms with van der Waals surface area (Å²) in [5.41, 5.74) is 4.91. The molecule has 6 nitrogen and oxygen atoms in total. The smallest absolute Gasteiger partial charge is 0.227 e. The molecule has 4 rings (SSSR count). The molecule has 1 fully saturated rings. The van der Waals surface area contributed by atoms with E-state index in [1.54, 1.807) is 6.20 Å². The van der Waals surface area contributed by atoms with E-state index in [-0.39, 0.29) is 5.91 Å². The number of carbonyl (C=O) groups excluding carboxylic acids is 1. The maximum atomic E-state index is 12.6. The number of fused-ring (bicyclic) bond motifs is 1. The molecule has 0 unspecified atom stereocenters. The number of nitrogens with zero attached hydrogens (tertiary/aromatic N) is 4. The molecule has 0 atom stereocenters. The first-order valence-electron chi connectivity index (χ1n) is 8.96. The normalized spacial score (nSPS) is 15.5. The Morgan fingerprint density at radius 3 is 2.69 bits per heavy atom. The van der Waals surface area contributed by atoms with Crippen molar-refractivity contribution >= 4 is 16.8 Å². The van der Waals surface area contributed by atoms with E-state index in [0.717, 1.165) is 59.6 Å². The minimum atomic E-state index is 0.206. The van der Waals surface area contributed by atoms with Crippen molar-refractivity contribution in [3.63, 3.8) is 0 Å². The van der Waals surface area contributed by atoms with Crippen LogP contribution in [0, 0.1) is 6.92 Å². The zero-order valence-corrected chi connectivity index (χ0v) is 15.2. The lowest BCUT2D eigenvalue weighted by atomic mass is 10.0. The molecule has 1 aromatic carbocycles. The largest absolute Gasteiger partial charge is 0.340 e. The summed E-state index contributed by atoms with van der Waals surface area (Å²) in [7, 11) is 2.10. The van der Waals surface area contributed by atoms with E-state index in [4.69, 9.17) is 4.98 Å². The lowest BCUT2D eigenvalue weighted by molar-refractivity contribution is -0.132. The van der Waals surface area contributed by atoms with Gasteiger partial charge in [0.2, 0.25) is 5.91 Å². The highest BCUT2D eigenvalue weighted by Gasteiger charge is 2.19. The van der Waals surface area contributed by atoms with Crippen molar-refractivity contribution in [2.75, 3.05) is 33.2 Å². The van der Waals surface area contributed by atoms with Crippen LogP contribution in [0.3, 0.4) is 0 Å². The van der Waals surface area contributed by atoms with Crippen LogP contribution in [-0.2, 0) is 11.2 Å². The summed E-state index contributed by atoms with van der Waals surface area (Å²) in [5.74, 6) is 0.206. The molecule has 1 aliphatic heterocycles. The third-order valence-electron chi connectivity index (χ3n) is 5.07. The first-order valence-corrected chi connectivity index (χ1v) is 8.96. The van der Waals surface area contributed by atoms with Crippen molar-refractivity contribution in [1.29, 1.82) is 0 Å². The Balaban J connectivity index is 1.57. The number of carbonyl (C=O) groups is 1. The van der Waals surface area contributed by atoms with Crippen LogP contribution >= 0.6 is 0 Å². The lowest BCUT2D eigenvalue weighted by Gasteiger charge is -2.32. The molecule has 1 N–H and O–H groups in total. The number of hydrogen-bond acceptors (Lipinski definition) is 4. The fourth-order valence-electron chi connectivity index (χ4n) is 3.43. The van der Waals surface area contributed by atoms with Gasteiger partial charge in [0.05, 0.1) is 23.3 Å². The van der Waals surface area contributed by atoms with Crippen molar-refractivity contribution in [2.24, 2.45) is 0 Å². The minimum Gasteiger partial charge on any atom is -0.340 e. The highest BCUT2D eigenvalue weighted by molar-refractivity contribution is 5.87. The number of aryl methyl sites for hydroxylation is 1. The molecule has 2 aromatic heterocycles. The molecule has 0 aliphatic carbocycles. The average molecular weight is 349 g/mol. The van der Waals surface area contributed by atoms with Crippen molar-refractivity contribution in [2.45, 2.75) is 13.3 Å². The molecular weight excluding hydrogens is 326 g/mol. The van der Waals surface area contributed by atoms with Gasteiger partial charge in [-0.15, -0.1) is 0 Å². The molecule has 0 bridgehead atoms. The predicted molar refractivity (Wildman–Crippen MR) is 102 cm³/mol. The number of H-pyrrole nitrogens is 1. The second kappa shape index (κ2) is 6.88. The van der Waals surface area contributed by atoms with Crippen LogP contribution in [0.5, 0.6) is 0 Å². The fraction of sp³-hybridized carbons (Fsp3) is 0.350. The average Bonchev–Trinajstić information content (AvgIpc) is 3.17. The van der Waals surface area contributed by atoms with Gasteiger partial charge in [0.1, 0.15) is 0 Å². The summed E-state index contributed by atoms with van der Waals surface area (Å²) in [4.78, 5) is 21.5. The van der Waals surface area contributed by atoms with Crippen molar-refractivity contribution < 1.29 is 4.79 Å². The number of benzene rings is 1. The van der Waals surface area contributed by atoms with Gasteiger partial charge >= 0.3 is 0 Å². The third kappa shape index (κ3) is 3.32. The maximum absolute atomic E-state index is 12.6. The van der Waals surface area contributed by atoms with Gasteiger partial charge < -0.3 is 9.80 Å². The van der Waals surface area contributed by atoms with E-state index < -0.39 is 0 Å². The predicted octanol–water partition coefficient (Wildman–Crippen LogP) is 2.25. The standard InChI is InChI=1S/C20H23N5O/c1-14-11-19(18-5-6-21-23-18)22-17-4-3-15(12-16(14)17)13-20(26)25-9-7-24(2)8-10-25/h3-6,11-12H,7-10,13H2,1-2H3,(H,21,23). The number of pyridine rings is 1.